The molecule has 1 atom stereocenters. The summed E-state index contributed by atoms with van der Waals surface area (Å²) in [4.78, 5) is 22.3. The molecule has 0 aliphatic heterocycles. The van der Waals surface area contributed by atoms with Crippen LogP contribution in [0.25, 0.3) is 0 Å². The molecular weight excluding hydrogens is 280 g/mol. The van der Waals surface area contributed by atoms with Crippen LogP contribution in [0.3, 0.4) is 0 Å². The number of carboxylic acids is 1. The van der Waals surface area contributed by atoms with Gasteiger partial charge < -0.3 is 24.8 Å². The predicted octanol–water partition coefficient (Wildman–Crippen LogP) is 1.03. The van der Waals surface area contributed by atoms with Crippen LogP contribution in [0, 0.1) is 0 Å². The van der Waals surface area contributed by atoms with E-state index in [0.29, 0.717) is 5.56 Å². The van der Waals surface area contributed by atoms with Crippen molar-refractivity contribution in [2.45, 2.75) is 12.5 Å². The van der Waals surface area contributed by atoms with Gasteiger partial charge in [0.2, 0.25) is 5.76 Å². The monoisotopic (exact) mass is 292 g/mol. The van der Waals surface area contributed by atoms with Gasteiger partial charge in [-0.2, -0.15) is 0 Å². The van der Waals surface area contributed by atoms with Crippen LogP contribution in [-0.2, 0) is 6.42 Å². The average Bonchev–Trinajstić information content (AvgIpc) is 2.42. The minimum absolute atomic E-state index is 0.00891. The molecule has 2 aromatic rings. The Labute approximate surface area is 118 Å². The minimum Gasteiger partial charge on any atom is -0.504 e. The number of hydrogen-bond acceptors (Lipinski definition) is 6. The van der Waals surface area contributed by atoms with Crippen molar-refractivity contribution in [3.63, 3.8) is 0 Å². The van der Waals surface area contributed by atoms with Crippen LogP contribution in [0.5, 0.6) is 11.5 Å². The van der Waals surface area contributed by atoms with Crippen molar-refractivity contribution in [2.75, 3.05) is 0 Å². The predicted molar refractivity (Wildman–Crippen MR) is 70.4 cm³/mol. The Balaban J connectivity index is 2.24. The third-order valence-corrected chi connectivity index (χ3v) is 2.89. The lowest BCUT2D eigenvalue weighted by atomic mass is 10.0. The van der Waals surface area contributed by atoms with E-state index in [4.69, 9.17) is 5.11 Å². The van der Waals surface area contributed by atoms with Gasteiger partial charge in [-0.05, 0) is 29.8 Å². The van der Waals surface area contributed by atoms with Crippen molar-refractivity contribution in [2.24, 2.45) is 0 Å². The normalized spacial score (nSPS) is 12.0. The summed E-state index contributed by atoms with van der Waals surface area (Å²) in [6, 6.07) is 6.25. The Bertz CT molecular complexity index is 732. The minimum atomic E-state index is -1.38. The van der Waals surface area contributed by atoms with E-state index in [-0.39, 0.29) is 23.5 Å². The van der Waals surface area contributed by atoms with Crippen LogP contribution in [0.2, 0.25) is 0 Å². The highest BCUT2D eigenvalue weighted by atomic mass is 16.4. The molecule has 0 amide bonds. The van der Waals surface area contributed by atoms with E-state index in [9.17, 15) is 24.9 Å². The summed E-state index contributed by atoms with van der Waals surface area (Å²) >= 11 is 0. The molecule has 0 spiro atoms. The van der Waals surface area contributed by atoms with Crippen LogP contribution in [0.4, 0.5) is 0 Å². The van der Waals surface area contributed by atoms with E-state index in [1.54, 1.807) is 0 Å². The summed E-state index contributed by atoms with van der Waals surface area (Å²) < 4.78 is 4.57. The second-order valence-corrected chi connectivity index (χ2v) is 4.39. The van der Waals surface area contributed by atoms with Gasteiger partial charge in [0.15, 0.2) is 11.5 Å². The Kier molecular flexibility index (Phi) is 3.95. The molecule has 4 N–H and O–H groups in total. The number of phenols is 2. The Morgan fingerprint density at radius 3 is 2.43 bits per heavy atom. The number of aliphatic hydroxyl groups is 1. The fraction of sp³-hybridized carbons (Fsp3) is 0.143. The SMILES string of the molecule is O=C(O)c1ccc([C@@H](O)Cc2ccc(O)c(O)c2)c(=O)o1. The van der Waals surface area contributed by atoms with Crippen molar-refractivity contribution in [1.82, 2.24) is 0 Å². The topological polar surface area (TPSA) is 128 Å². The molecule has 1 aromatic carbocycles. The Morgan fingerprint density at radius 1 is 1.14 bits per heavy atom. The van der Waals surface area contributed by atoms with Crippen LogP contribution in [-0.4, -0.2) is 26.4 Å². The molecule has 0 fully saturated rings. The van der Waals surface area contributed by atoms with Gasteiger partial charge in [0.25, 0.3) is 0 Å². The molecule has 0 unspecified atom stereocenters. The molecule has 7 heteroatoms. The van der Waals surface area contributed by atoms with Crippen LogP contribution in [0.15, 0.2) is 39.5 Å². The first-order valence-corrected chi connectivity index (χ1v) is 5.94. The second kappa shape index (κ2) is 5.68. The molecular formula is C14H12O7. The molecule has 0 radical (unpaired) electrons. The van der Waals surface area contributed by atoms with E-state index in [2.05, 4.69) is 4.42 Å². The third kappa shape index (κ3) is 3.21. The largest absolute Gasteiger partial charge is 0.504 e. The number of rotatable bonds is 4. The quantitative estimate of drug-likeness (QED) is 0.619. The fourth-order valence-electron chi connectivity index (χ4n) is 1.82. The highest BCUT2D eigenvalue weighted by molar-refractivity contribution is 5.84. The van der Waals surface area contributed by atoms with Crippen molar-refractivity contribution in [1.29, 1.82) is 0 Å². The van der Waals surface area contributed by atoms with Gasteiger partial charge in [-0.15, -0.1) is 0 Å². The second-order valence-electron chi connectivity index (χ2n) is 4.39. The van der Waals surface area contributed by atoms with E-state index < -0.39 is 23.5 Å². The lowest BCUT2D eigenvalue weighted by molar-refractivity contribution is 0.0654. The maximum atomic E-state index is 11.6. The molecule has 21 heavy (non-hydrogen) atoms. The zero-order valence-corrected chi connectivity index (χ0v) is 10.7. The van der Waals surface area contributed by atoms with Crippen LogP contribution < -0.4 is 5.63 Å². The number of aromatic hydroxyl groups is 2. The average molecular weight is 292 g/mol. The van der Waals surface area contributed by atoms with Gasteiger partial charge >= 0.3 is 11.6 Å². The molecule has 0 saturated heterocycles. The number of hydrogen-bond donors (Lipinski definition) is 4. The molecule has 1 heterocycles. The summed E-state index contributed by atoms with van der Waals surface area (Å²) in [6.07, 6.45) is -1.24. The highest BCUT2D eigenvalue weighted by Gasteiger charge is 2.17. The zero-order chi connectivity index (χ0) is 15.6. The zero-order valence-electron chi connectivity index (χ0n) is 10.7. The van der Waals surface area contributed by atoms with Gasteiger partial charge in [-0.3, -0.25) is 0 Å². The Hall–Kier alpha value is -2.80. The third-order valence-electron chi connectivity index (χ3n) is 2.89. The van der Waals surface area contributed by atoms with E-state index >= 15 is 0 Å². The lowest BCUT2D eigenvalue weighted by Gasteiger charge is -2.10. The summed E-state index contributed by atoms with van der Waals surface area (Å²) in [7, 11) is 0. The van der Waals surface area contributed by atoms with Gasteiger partial charge in [-0.1, -0.05) is 6.07 Å². The number of aromatic carboxylic acids is 1. The maximum Gasteiger partial charge on any atom is 0.371 e. The smallest absolute Gasteiger partial charge is 0.371 e. The number of carboxylic acid groups (broad SMARTS) is 1. The highest BCUT2D eigenvalue weighted by Crippen LogP contribution is 2.27. The first-order chi connectivity index (χ1) is 9.88. The van der Waals surface area contributed by atoms with Gasteiger partial charge in [0.1, 0.15) is 0 Å². The number of aliphatic hydroxyl groups excluding tert-OH is 1. The number of carbonyl (C=O) groups is 1. The van der Waals surface area contributed by atoms with Crippen molar-refractivity contribution >= 4 is 5.97 Å². The van der Waals surface area contributed by atoms with E-state index in [1.165, 1.54) is 24.3 Å². The summed E-state index contributed by atoms with van der Waals surface area (Å²) in [5.41, 5.74) is -0.544. The molecule has 0 bridgehead atoms. The van der Waals surface area contributed by atoms with Crippen molar-refractivity contribution < 1.29 is 29.6 Å². The first kappa shape index (κ1) is 14.6. The van der Waals surface area contributed by atoms with Gasteiger partial charge in [-0.25, -0.2) is 9.59 Å². The van der Waals surface area contributed by atoms with E-state index in [0.717, 1.165) is 6.07 Å². The van der Waals surface area contributed by atoms with Gasteiger partial charge in [0.05, 0.1) is 11.7 Å². The standard InChI is InChI=1S/C14H12O7/c15-9-3-1-7(6-11(9)17)5-10(16)8-2-4-12(13(18)19)21-14(8)20/h1-4,6,10,15-17H,5H2,(H,18,19)/t10-/m0/s1. The Morgan fingerprint density at radius 2 is 1.86 bits per heavy atom. The molecule has 2 rings (SSSR count). The molecule has 7 nitrogen and oxygen atoms in total. The first-order valence-electron chi connectivity index (χ1n) is 5.94. The molecule has 1 aromatic heterocycles. The van der Waals surface area contributed by atoms with Crippen molar-refractivity contribution in [3.05, 3.63) is 57.6 Å². The molecule has 0 aliphatic carbocycles. The lowest BCUT2D eigenvalue weighted by Crippen LogP contribution is -2.16. The molecule has 0 aliphatic rings. The fourth-order valence-corrected chi connectivity index (χ4v) is 1.82. The summed E-state index contributed by atoms with van der Waals surface area (Å²) in [5, 5.41) is 37.2. The number of benzene rings is 1. The van der Waals surface area contributed by atoms with Crippen LogP contribution in [0.1, 0.15) is 27.8 Å². The van der Waals surface area contributed by atoms with Crippen molar-refractivity contribution in [3.8, 4) is 11.5 Å². The number of phenolic OH excluding ortho intramolecular Hbond substituents is 2. The maximum absolute atomic E-state index is 11.6. The van der Waals surface area contributed by atoms with Gasteiger partial charge in [0, 0.05) is 6.42 Å². The molecule has 0 saturated carbocycles. The van der Waals surface area contributed by atoms with Crippen LogP contribution >= 0.6 is 0 Å². The molecule has 110 valence electrons. The summed E-state index contributed by atoms with van der Waals surface area (Å²) in [5.74, 6) is -2.53. The van der Waals surface area contributed by atoms with E-state index in [1.807, 2.05) is 0 Å². The summed E-state index contributed by atoms with van der Waals surface area (Å²) in [6.45, 7) is 0.